The molecule has 30 heavy (non-hydrogen) atoms. The molecule has 3 aromatic rings. The zero-order valence-corrected chi connectivity index (χ0v) is 17.2. The number of nitrogens with one attached hydrogen (secondary N) is 1. The van der Waals surface area contributed by atoms with E-state index >= 15 is 0 Å². The van der Waals surface area contributed by atoms with Gasteiger partial charge in [0.05, 0.1) is 35.9 Å². The number of morpholine rings is 1. The highest BCUT2D eigenvalue weighted by Gasteiger charge is 2.44. The van der Waals surface area contributed by atoms with Crippen LogP contribution in [0.4, 0.5) is 4.79 Å². The van der Waals surface area contributed by atoms with Crippen molar-refractivity contribution < 1.29 is 14.6 Å². The lowest BCUT2D eigenvalue weighted by molar-refractivity contribution is -0.0504. The molecule has 1 unspecified atom stereocenters. The summed E-state index contributed by atoms with van der Waals surface area (Å²) >= 11 is 1.56. The Morgan fingerprint density at radius 2 is 2.07 bits per heavy atom. The largest absolute Gasteiger partial charge is 0.465 e. The Bertz CT molecular complexity index is 1190. The molecule has 2 aromatic heterocycles. The van der Waals surface area contributed by atoms with Crippen molar-refractivity contribution >= 4 is 17.4 Å². The highest BCUT2D eigenvalue weighted by molar-refractivity contribution is 7.13. The van der Waals surface area contributed by atoms with Gasteiger partial charge in [-0.05, 0) is 35.6 Å². The minimum Gasteiger partial charge on any atom is -0.465 e. The molecular weight excluding hydrogens is 402 g/mol. The first-order valence-electron chi connectivity index (χ1n) is 9.75. The molecule has 7 nitrogen and oxygen atoms in total. The number of ether oxygens (including phenoxy) is 1. The van der Waals surface area contributed by atoms with E-state index in [9.17, 15) is 14.7 Å². The lowest BCUT2D eigenvalue weighted by atomic mass is 9.85. The molecule has 4 heterocycles. The smallest absolute Gasteiger partial charge is 0.408 e. The van der Waals surface area contributed by atoms with Crippen molar-refractivity contribution in [1.82, 2.24) is 9.58 Å². The standard InChI is InChI=1S/C22H21N3O4S/c1-22(13-29-9-8-24(22)21(27)28)17-11-16(14-5-3-2-4-6-14)20(26)25-18(17)19-15(12-23-25)7-10-30-19/h2-7,10-11,23H,8-9,12-13H2,1H3,(H,27,28). The van der Waals surface area contributed by atoms with Crippen LogP contribution in [0.1, 0.15) is 18.1 Å². The van der Waals surface area contributed by atoms with Crippen LogP contribution in [0, 0.1) is 0 Å². The molecule has 1 aromatic carbocycles. The molecular formula is C22H21N3O4S. The average molecular weight is 423 g/mol. The molecule has 2 aliphatic rings. The number of aromatic nitrogens is 1. The second kappa shape index (κ2) is 7.00. The van der Waals surface area contributed by atoms with Gasteiger partial charge in [-0.15, -0.1) is 11.3 Å². The van der Waals surface area contributed by atoms with Crippen LogP contribution >= 0.6 is 11.3 Å². The zero-order chi connectivity index (χ0) is 20.9. The molecule has 154 valence electrons. The number of nitrogens with zero attached hydrogens (tertiary/aromatic N) is 2. The van der Waals surface area contributed by atoms with Crippen molar-refractivity contribution in [2.24, 2.45) is 0 Å². The lowest BCUT2D eigenvalue weighted by Gasteiger charge is -2.44. The maximum absolute atomic E-state index is 13.4. The van der Waals surface area contributed by atoms with Crippen molar-refractivity contribution in [2.75, 3.05) is 25.2 Å². The van der Waals surface area contributed by atoms with Gasteiger partial charge in [-0.3, -0.25) is 9.69 Å². The van der Waals surface area contributed by atoms with E-state index in [4.69, 9.17) is 4.74 Å². The Hall–Kier alpha value is -3.10. The summed E-state index contributed by atoms with van der Waals surface area (Å²) in [5.41, 5.74) is 6.04. The van der Waals surface area contributed by atoms with E-state index in [0.717, 1.165) is 27.3 Å². The quantitative estimate of drug-likeness (QED) is 0.659. The molecule has 1 saturated heterocycles. The maximum Gasteiger partial charge on any atom is 0.408 e. The van der Waals surface area contributed by atoms with E-state index in [-0.39, 0.29) is 18.7 Å². The van der Waals surface area contributed by atoms with Gasteiger partial charge in [0.25, 0.3) is 5.56 Å². The SMILES string of the molecule is CC1(c2cc(-c3ccccc3)c(=O)n3c2-c2sccc2CN3)COCCN1C(=O)O. The number of benzene rings is 1. The molecule has 0 spiro atoms. The first kappa shape index (κ1) is 18.9. The van der Waals surface area contributed by atoms with E-state index in [0.29, 0.717) is 18.7 Å². The fourth-order valence-corrected chi connectivity index (χ4v) is 5.33. The van der Waals surface area contributed by atoms with Crippen molar-refractivity contribution in [3.63, 3.8) is 0 Å². The molecule has 1 fully saturated rings. The third-order valence-corrected chi connectivity index (χ3v) is 6.89. The fraction of sp³-hybridized carbons (Fsp3) is 0.273. The topological polar surface area (TPSA) is 83.8 Å². The normalized spacial score (nSPS) is 20.2. The van der Waals surface area contributed by atoms with E-state index < -0.39 is 11.6 Å². The Kier molecular flexibility index (Phi) is 4.41. The molecule has 2 aliphatic heterocycles. The minimum absolute atomic E-state index is 0.152. The van der Waals surface area contributed by atoms with Crippen molar-refractivity contribution in [1.29, 1.82) is 0 Å². The fourth-order valence-electron chi connectivity index (χ4n) is 4.35. The number of hydrogen-bond acceptors (Lipinski definition) is 5. The Labute approximate surface area is 177 Å². The van der Waals surface area contributed by atoms with Crippen molar-refractivity contribution in [3.8, 4) is 21.7 Å². The molecule has 0 saturated carbocycles. The van der Waals surface area contributed by atoms with Gasteiger partial charge in [-0.1, -0.05) is 30.3 Å². The van der Waals surface area contributed by atoms with E-state index in [1.807, 2.05) is 54.8 Å². The maximum atomic E-state index is 13.4. The van der Waals surface area contributed by atoms with Gasteiger partial charge in [-0.25, -0.2) is 9.47 Å². The van der Waals surface area contributed by atoms with Crippen LogP contribution in [0.5, 0.6) is 0 Å². The van der Waals surface area contributed by atoms with E-state index in [1.54, 1.807) is 16.0 Å². The summed E-state index contributed by atoms with van der Waals surface area (Å²) in [6.07, 6.45) is -0.998. The predicted molar refractivity (Wildman–Crippen MR) is 115 cm³/mol. The van der Waals surface area contributed by atoms with E-state index in [1.165, 1.54) is 4.90 Å². The summed E-state index contributed by atoms with van der Waals surface area (Å²) in [7, 11) is 0. The van der Waals surface area contributed by atoms with Gasteiger partial charge in [-0.2, -0.15) is 0 Å². The number of pyridine rings is 1. The van der Waals surface area contributed by atoms with Crippen LogP contribution < -0.4 is 11.0 Å². The number of rotatable bonds is 2. The first-order chi connectivity index (χ1) is 14.5. The second-order valence-corrected chi connectivity index (χ2v) is 8.61. The summed E-state index contributed by atoms with van der Waals surface area (Å²) in [4.78, 5) is 28.0. The van der Waals surface area contributed by atoms with Crippen LogP contribution in [0.25, 0.3) is 21.7 Å². The van der Waals surface area contributed by atoms with E-state index in [2.05, 4.69) is 5.43 Å². The third kappa shape index (κ3) is 2.75. The molecule has 0 aliphatic carbocycles. The number of amides is 1. The summed E-state index contributed by atoms with van der Waals surface area (Å²) in [6, 6.07) is 13.3. The van der Waals surface area contributed by atoms with Crippen molar-refractivity contribution in [2.45, 2.75) is 19.0 Å². The molecule has 1 atom stereocenters. The third-order valence-electron chi connectivity index (χ3n) is 5.92. The molecule has 5 rings (SSSR count). The number of carbonyl (C=O) groups is 1. The van der Waals surface area contributed by atoms with Crippen LogP contribution in [0.2, 0.25) is 0 Å². The summed E-state index contributed by atoms with van der Waals surface area (Å²) < 4.78 is 7.33. The molecule has 0 radical (unpaired) electrons. The zero-order valence-electron chi connectivity index (χ0n) is 16.4. The average Bonchev–Trinajstić information content (AvgIpc) is 3.24. The first-order valence-corrected chi connectivity index (χ1v) is 10.6. The minimum atomic E-state index is -0.998. The van der Waals surface area contributed by atoms with Crippen LogP contribution in [0.15, 0.2) is 52.6 Å². The van der Waals surface area contributed by atoms with Gasteiger partial charge >= 0.3 is 6.09 Å². The highest BCUT2D eigenvalue weighted by Crippen LogP contribution is 2.42. The van der Waals surface area contributed by atoms with Gasteiger partial charge in [0.15, 0.2) is 0 Å². The number of thiophene rings is 1. The van der Waals surface area contributed by atoms with Crippen LogP contribution in [-0.2, 0) is 16.8 Å². The van der Waals surface area contributed by atoms with Crippen LogP contribution in [0.3, 0.4) is 0 Å². The molecule has 2 N–H and O–H groups in total. The number of hydrogen-bond donors (Lipinski definition) is 2. The number of carboxylic acid groups (broad SMARTS) is 1. The van der Waals surface area contributed by atoms with Gasteiger partial charge in [0.1, 0.15) is 0 Å². The monoisotopic (exact) mass is 423 g/mol. The Morgan fingerprint density at radius 3 is 2.83 bits per heavy atom. The Morgan fingerprint density at radius 1 is 1.27 bits per heavy atom. The molecule has 1 amide bonds. The highest BCUT2D eigenvalue weighted by atomic mass is 32.1. The number of fused-ring (bicyclic) bond motifs is 3. The summed E-state index contributed by atoms with van der Waals surface area (Å²) in [5, 5.41) is 11.9. The Balaban J connectivity index is 1.84. The predicted octanol–water partition coefficient (Wildman–Crippen LogP) is 3.53. The van der Waals surface area contributed by atoms with Gasteiger partial charge < -0.3 is 15.3 Å². The lowest BCUT2D eigenvalue weighted by Crippen LogP contribution is -2.55. The summed E-state index contributed by atoms with van der Waals surface area (Å²) in [6.45, 7) is 3.26. The van der Waals surface area contributed by atoms with Crippen LogP contribution in [-0.4, -0.2) is 40.5 Å². The summed E-state index contributed by atoms with van der Waals surface area (Å²) in [5.74, 6) is 0. The molecule has 8 heteroatoms. The van der Waals surface area contributed by atoms with Crippen molar-refractivity contribution in [3.05, 3.63) is 69.3 Å². The molecule has 0 bridgehead atoms. The van der Waals surface area contributed by atoms with Gasteiger partial charge in [0.2, 0.25) is 0 Å². The second-order valence-electron chi connectivity index (χ2n) is 7.70. The van der Waals surface area contributed by atoms with Gasteiger partial charge in [0, 0.05) is 17.7 Å².